The molecule has 0 unspecified atom stereocenters. The van der Waals surface area contributed by atoms with Gasteiger partial charge in [0.05, 0.1) is 19.2 Å². The average molecular weight is 597 g/mol. The summed E-state index contributed by atoms with van der Waals surface area (Å²) in [7, 11) is 4.78. The van der Waals surface area contributed by atoms with E-state index in [0.29, 0.717) is 18.3 Å². The van der Waals surface area contributed by atoms with E-state index in [4.69, 9.17) is 21.1 Å². The van der Waals surface area contributed by atoms with E-state index < -0.39 is 0 Å². The highest BCUT2D eigenvalue weighted by molar-refractivity contribution is 7.19. The van der Waals surface area contributed by atoms with Crippen molar-refractivity contribution in [1.82, 2.24) is 4.90 Å². The van der Waals surface area contributed by atoms with E-state index in [2.05, 4.69) is 36.1 Å². The lowest BCUT2D eigenvalue weighted by atomic mass is 9.94. The van der Waals surface area contributed by atoms with E-state index >= 15 is 0 Å². The third kappa shape index (κ3) is 9.49. The topological polar surface area (TPSA) is 64.8 Å². The van der Waals surface area contributed by atoms with Gasteiger partial charge in [0.2, 0.25) is 6.41 Å². The van der Waals surface area contributed by atoms with E-state index in [-0.39, 0.29) is 0 Å². The first-order valence-electron chi connectivity index (χ1n) is 14.3. The maximum absolute atomic E-state index is 11.6. The Hall–Kier alpha value is -3.06. The number of nitrogens with two attached hydrogens (primary N) is 1. The third-order valence-corrected chi connectivity index (χ3v) is 8.57. The van der Waals surface area contributed by atoms with Gasteiger partial charge in [0.15, 0.2) is 11.5 Å². The summed E-state index contributed by atoms with van der Waals surface area (Å²) in [6.45, 7) is 6.71. The fourth-order valence-corrected chi connectivity index (χ4v) is 6.17. The molecule has 1 heterocycles. The van der Waals surface area contributed by atoms with Crippen molar-refractivity contribution in [3.05, 3.63) is 82.2 Å². The van der Waals surface area contributed by atoms with Crippen LogP contribution in [-0.4, -0.2) is 38.6 Å². The smallest absolute Gasteiger partial charge is 0.210 e. The van der Waals surface area contributed by atoms with Crippen molar-refractivity contribution in [2.24, 2.45) is 5.73 Å². The zero-order valence-electron chi connectivity index (χ0n) is 25.3. The Morgan fingerprint density at radius 2 is 1.56 bits per heavy atom. The second-order valence-electron chi connectivity index (χ2n) is 9.31. The van der Waals surface area contributed by atoms with Gasteiger partial charge >= 0.3 is 0 Å². The zero-order valence-corrected chi connectivity index (χ0v) is 26.9. The lowest BCUT2D eigenvalue weighted by Crippen LogP contribution is -2.35. The van der Waals surface area contributed by atoms with E-state index in [1.165, 1.54) is 41.3 Å². The SMILES string of the molecule is CC.CN.COc1ccc(-c2cccc(CN(C=O)C3CCCCC3)c2)cc1OC.Cc1sc2ccccc2c1Cl. The summed E-state index contributed by atoms with van der Waals surface area (Å²) in [4.78, 5) is 14.8. The van der Waals surface area contributed by atoms with Gasteiger partial charge in [0.25, 0.3) is 0 Å². The van der Waals surface area contributed by atoms with Crippen molar-refractivity contribution < 1.29 is 14.3 Å². The first kappa shape index (κ1) is 34.1. The molecule has 41 heavy (non-hydrogen) atoms. The van der Waals surface area contributed by atoms with Gasteiger partial charge in [0, 0.05) is 27.5 Å². The van der Waals surface area contributed by atoms with Gasteiger partial charge in [-0.1, -0.05) is 87.2 Å². The molecule has 0 atom stereocenters. The van der Waals surface area contributed by atoms with Gasteiger partial charge in [-0.3, -0.25) is 4.79 Å². The number of fused-ring (bicyclic) bond motifs is 1. The van der Waals surface area contributed by atoms with Crippen LogP contribution in [0.1, 0.15) is 56.4 Å². The Bertz CT molecular complexity index is 1330. The Morgan fingerprint density at radius 1 is 0.902 bits per heavy atom. The number of rotatable bonds is 7. The van der Waals surface area contributed by atoms with Crippen LogP contribution < -0.4 is 15.2 Å². The number of hydrogen-bond donors (Lipinski definition) is 1. The normalized spacial score (nSPS) is 12.5. The van der Waals surface area contributed by atoms with E-state index in [1.54, 1.807) is 25.6 Å². The minimum Gasteiger partial charge on any atom is -0.493 e. The summed E-state index contributed by atoms with van der Waals surface area (Å²) in [5.41, 5.74) is 7.83. The number of ether oxygens (including phenoxy) is 2. The molecule has 3 aromatic carbocycles. The number of thiophene rings is 1. The highest BCUT2D eigenvalue weighted by Gasteiger charge is 2.20. The second kappa shape index (κ2) is 18.4. The molecule has 1 aromatic heterocycles. The monoisotopic (exact) mass is 596 g/mol. The van der Waals surface area contributed by atoms with Gasteiger partial charge in [-0.2, -0.15) is 0 Å². The standard InChI is InChI=1S/C22H27NO3.C9H7ClS.C2H6.CH5N/c1-25-21-12-11-19(14-22(21)26-2)18-8-6-7-17(13-18)15-23(16-24)20-9-4-3-5-10-20;1-6-9(10)7-4-2-3-5-8(7)11-6;2*1-2/h6-8,11-14,16,20H,3-5,9-10,15H2,1-2H3;2-5H,1H3;1-2H3;2H2,1H3. The molecule has 1 saturated carbocycles. The maximum atomic E-state index is 11.6. The fraction of sp³-hybridized carbons (Fsp3) is 0.382. The molecule has 4 aromatic rings. The van der Waals surface area contributed by atoms with Crippen molar-refractivity contribution in [3.63, 3.8) is 0 Å². The molecule has 1 amide bonds. The number of nitrogens with zero attached hydrogens (tertiary/aromatic N) is 1. The molecule has 5 rings (SSSR count). The summed E-state index contributed by atoms with van der Waals surface area (Å²) < 4.78 is 12.0. The lowest BCUT2D eigenvalue weighted by Gasteiger charge is -2.31. The van der Waals surface area contributed by atoms with Crippen LogP contribution in [0.25, 0.3) is 21.2 Å². The van der Waals surface area contributed by atoms with Crippen LogP contribution in [0.5, 0.6) is 11.5 Å². The summed E-state index contributed by atoms with van der Waals surface area (Å²) >= 11 is 7.80. The highest BCUT2D eigenvalue weighted by atomic mass is 35.5. The zero-order chi connectivity index (χ0) is 30.2. The Balaban J connectivity index is 0.000000325. The van der Waals surface area contributed by atoms with Crippen LogP contribution in [-0.2, 0) is 11.3 Å². The first-order chi connectivity index (χ1) is 20.0. The van der Waals surface area contributed by atoms with Gasteiger partial charge in [-0.05, 0) is 67.8 Å². The molecule has 1 aliphatic carbocycles. The Labute approximate surface area is 255 Å². The molecular weight excluding hydrogens is 552 g/mol. The molecule has 5 nitrogen and oxygen atoms in total. The minimum atomic E-state index is 0.381. The summed E-state index contributed by atoms with van der Waals surface area (Å²) in [6.07, 6.45) is 6.99. The number of carbonyl (C=O) groups excluding carboxylic acids is 1. The van der Waals surface area contributed by atoms with Crippen molar-refractivity contribution in [3.8, 4) is 22.6 Å². The molecule has 0 aliphatic heterocycles. The molecule has 1 fully saturated rings. The van der Waals surface area contributed by atoms with Crippen molar-refractivity contribution >= 4 is 39.4 Å². The third-order valence-electron chi connectivity index (χ3n) is 6.88. The number of carbonyl (C=O) groups is 1. The highest BCUT2D eigenvalue weighted by Crippen LogP contribution is 2.34. The van der Waals surface area contributed by atoms with Gasteiger partial charge < -0.3 is 20.1 Å². The Kier molecular flexibility index (Phi) is 15.3. The van der Waals surface area contributed by atoms with Crippen LogP contribution in [0.15, 0.2) is 66.7 Å². The molecule has 0 radical (unpaired) electrons. The predicted molar refractivity (Wildman–Crippen MR) is 176 cm³/mol. The van der Waals surface area contributed by atoms with Crippen LogP contribution in [0, 0.1) is 6.92 Å². The molecule has 1 aliphatic rings. The quantitative estimate of drug-likeness (QED) is 0.216. The summed E-state index contributed by atoms with van der Waals surface area (Å²) in [5, 5.41) is 2.09. The number of aryl methyl sites for hydroxylation is 1. The summed E-state index contributed by atoms with van der Waals surface area (Å²) in [5.74, 6) is 1.43. The van der Waals surface area contributed by atoms with E-state index in [0.717, 1.165) is 46.7 Å². The fourth-order valence-electron chi connectivity index (χ4n) is 4.88. The van der Waals surface area contributed by atoms with E-state index in [1.807, 2.05) is 62.1 Å². The van der Waals surface area contributed by atoms with Crippen molar-refractivity contribution in [2.75, 3.05) is 21.3 Å². The van der Waals surface area contributed by atoms with Gasteiger partial charge in [0.1, 0.15) is 0 Å². The molecule has 0 spiro atoms. The number of benzene rings is 3. The van der Waals surface area contributed by atoms with Crippen LogP contribution >= 0.6 is 22.9 Å². The number of halogens is 1. The number of methoxy groups -OCH3 is 2. The summed E-state index contributed by atoms with van der Waals surface area (Å²) in [6, 6.07) is 22.9. The van der Waals surface area contributed by atoms with Gasteiger partial charge in [-0.15, -0.1) is 11.3 Å². The predicted octanol–water partition coefficient (Wildman–Crippen LogP) is 9.13. The molecule has 2 N–H and O–H groups in total. The van der Waals surface area contributed by atoms with Crippen LogP contribution in [0.2, 0.25) is 5.02 Å². The molecule has 0 bridgehead atoms. The maximum Gasteiger partial charge on any atom is 0.210 e. The number of hydrogen-bond acceptors (Lipinski definition) is 5. The Morgan fingerprint density at radius 3 is 2.20 bits per heavy atom. The largest absolute Gasteiger partial charge is 0.493 e. The molecule has 7 heteroatoms. The van der Waals surface area contributed by atoms with Gasteiger partial charge in [-0.25, -0.2) is 0 Å². The van der Waals surface area contributed by atoms with Crippen molar-refractivity contribution in [2.45, 2.75) is 65.5 Å². The number of amides is 1. The molecule has 0 saturated heterocycles. The first-order valence-corrected chi connectivity index (χ1v) is 15.5. The molecule has 222 valence electrons. The van der Waals surface area contributed by atoms with Crippen LogP contribution in [0.4, 0.5) is 0 Å². The lowest BCUT2D eigenvalue weighted by molar-refractivity contribution is -0.121. The molecular formula is C34H45ClN2O3S. The second-order valence-corrected chi connectivity index (χ2v) is 10.9. The minimum absolute atomic E-state index is 0.381. The van der Waals surface area contributed by atoms with Crippen molar-refractivity contribution in [1.29, 1.82) is 0 Å². The van der Waals surface area contributed by atoms with E-state index in [9.17, 15) is 4.79 Å². The van der Waals surface area contributed by atoms with Crippen LogP contribution in [0.3, 0.4) is 0 Å². The average Bonchev–Trinajstić information content (AvgIpc) is 3.35.